The van der Waals surface area contributed by atoms with Crippen molar-refractivity contribution in [1.29, 1.82) is 0 Å². The minimum absolute atomic E-state index is 0.298. The van der Waals surface area contributed by atoms with Crippen LogP contribution in [0.4, 0.5) is 0 Å². The number of carbonyl (C=O) groups is 1. The van der Waals surface area contributed by atoms with Gasteiger partial charge in [-0.2, -0.15) is 0 Å². The molecule has 0 radical (unpaired) electrons. The number of aryl methyl sites for hydroxylation is 2. The summed E-state index contributed by atoms with van der Waals surface area (Å²) in [6, 6.07) is 6.19. The van der Waals surface area contributed by atoms with Crippen LogP contribution in [0.15, 0.2) is 18.2 Å². The number of hydrogen-bond acceptors (Lipinski definition) is 3. The van der Waals surface area contributed by atoms with E-state index >= 15 is 0 Å². The second-order valence-corrected chi connectivity index (χ2v) is 5.17. The molecule has 0 saturated heterocycles. The topological polar surface area (TPSA) is 47.8 Å². The fourth-order valence-corrected chi connectivity index (χ4v) is 2.49. The summed E-state index contributed by atoms with van der Waals surface area (Å²) in [4.78, 5) is 11.2. The maximum absolute atomic E-state index is 11.2. The normalized spacial score (nSPS) is 11.1. The minimum atomic E-state index is 0.298. The van der Waals surface area contributed by atoms with E-state index in [-0.39, 0.29) is 0 Å². The van der Waals surface area contributed by atoms with Crippen molar-refractivity contribution in [3.05, 3.63) is 40.7 Å². The summed E-state index contributed by atoms with van der Waals surface area (Å²) < 4.78 is 1.81. The van der Waals surface area contributed by atoms with Gasteiger partial charge in [0.2, 0.25) is 0 Å². The van der Waals surface area contributed by atoms with Gasteiger partial charge in [0.1, 0.15) is 5.69 Å². The molecule has 0 amide bonds. The van der Waals surface area contributed by atoms with Crippen molar-refractivity contribution in [1.82, 2.24) is 15.0 Å². The summed E-state index contributed by atoms with van der Waals surface area (Å²) in [5.74, 6) is 0.298. The summed E-state index contributed by atoms with van der Waals surface area (Å²) in [7, 11) is 0. The van der Waals surface area contributed by atoms with E-state index in [4.69, 9.17) is 0 Å². The van der Waals surface area contributed by atoms with Crippen LogP contribution in [0.1, 0.15) is 59.9 Å². The largest absolute Gasteiger partial charge is 0.296 e. The molecular formula is C16H21N3O. The summed E-state index contributed by atoms with van der Waals surface area (Å²) in [5.41, 5.74) is 4.80. The van der Waals surface area contributed by atoms with Crippen LogP contribution in [0, 0.1) is 13.8 Å². The monoisotopic (exact) mass is 271 g/mol. The quantitative estimate of drug-likeness (QED) is 0.781. The molecule has 1 aromatic heterocycles. The average Bonchev–Trinajstić information content (AvgIpc) is 2.87. The third kappa shape index (κ3) is 2.50. The van der Waals surface area contributed by atoms with Crippen LogP contribution in [0.2, 0.25) is 0 Å². The van der Waals surface area contributed by atoms with Gasteiger partial charge in [0.25, 0.3) is 0 Å². The zero-order chi connectivity index (χ0) is 14.7. The predicted octanol–water partition coefficient (Wildman–Crippen LogP) is 3.60. The lowest BCUT2D eigenvalue weighted by Crippen LogP contribution is -2.09. The van der Waals surface area contributed by atoms with E-state index in [1.165, 1.54) is 11.1 Å². The second kappa shape index (κ2) is 5.99. The number of carbonyl (C=O) groups excluding carboxylic acids is 1. The molecule has 0 saturated carbocycles. The lowest BCUT2D eigenvalue weighted by molar-refractivity contribution is 0.111. The van der Waals surface area contributed by atoms with E-state index < -0.39 is 0 Å². The highest BCUT2D eigenvalue weighted by molar-refractivity contribution is 5.74. The summed E-state index contributed by atoms with van der Waals surface area (Å²) in [6.45, 7) is 8.41. The third-order valence-corrected chi connectivity index (χ3v) is 3.95. The number of nitrogens with zero attached hydrogens (tertiary/aromatic N) is 3. The van der Waals surface area contributed by atoms with Crippen LogP contribution in [0.3, 0.4) is 0 Å². The van der Waals surface area contributed by atoms with E-state index in [0.29, 0.717) is 11.6 Å². The number of aromatic nitrogens is 3. The molecule has 0 aliphatic heterocycles. The average molecular weight is 271 g/mol. The molecule has 0 bridgehead atoms. The van der Waals surface area contributed by atoms with E-state index in [1.807, 2.05) is 10.7 Å². The van der Waals surface area contributed by atoms with E-state index in [1.54, 1.807) is 0 Å². The van der Waals surface area contributed by atoms with Crippen molar-refractivity contribution in [3.63, 3.8) is 0 Å². The Labute approximate surface area is 119 Å². The van der Waals surface area contributed by atoms with Crippen LogP contribution in [0.5, 0.6) is 0 Å². The first-order valence-electron chi connectivity index (χ1n) is 7.10. The first kappa shape index (κ1) is 14.4. The standard InChI is InChI=1S/C16H21N3O/c1-5-13(6-2)16-15(10-20)17-18-19(16)14-8-7-11(3)12(4)9-14/h7-10,13H,5-6H2,1-4H3. The molecule has 2 aromatic rings. The highest BCUT2D eigenvalue weighted by Crippen LogP contribution is 2.27. The van der Waals surface area contributed by atoms with Crippen molar-refractivity contribution in [3.8, 4) is 5.69 Å². The zero-order valence-corrected chi connectivity index (χ0v) is 12.6. The lowest BCUT2D eigenvalue weighted by Gasteiger charge is -2.15. The van der Waals surface area contributed by atoms with Gasteiger partial charge >= 0.3 is 0 Å². The molecule has 0 spiro atoms. The van der Waals surface area contributed by atoms with Gasteiger partial charge in [-0.25, -0.2) is 4.68 Å². The second-order valence-electron chi connectivity index (χ2n) is 5.17. The molecule has 4 heteroatoms. The van der Waals surface area contributed by atoms with Crippen LogP contribution in [0.25, 0.3) is 5.69 Å². The molecule has 106 valence electrons. The van der Waals surface area contributed by atoms with Gasteiger partial charge in [0.05, 0.1) is 11.4 Å². The van der Waals surface area contributed by atoms with Gasteiger partial charge in [-0.05, 0) is 49.9 Å². The Morgan fingerprint density at radius 3 is 2.45 bits per heavy atom. The highest BCUT2D eigenvalue weighted by atomic mass is 16.1. The van der Waals surface area contributed by atoms with Crippen molar-refractivity contribution in [2.75, 3.05) is 0 Å². The third-order valence-electron chi connectivity index (χ3n) is 3.95. The van der Waals surface area contributed by atoms with Gasteiger partial charge in [0, 0.05) is 5.92 Å². The molecule has 20 heavy (non-hydrogen) atoms. The molecule has 1 heterocycles. The highest BCUT2D eigenvalue weighted by Gasteiger charge is 2.20. The van der Waals surface area contributed by atoms with Crippen LogP contribution < -0.4 is 0 Å². The maximum atomic E-state index is 11.2. The molecule has 1 aromatic carbocycles. The van der Waals surface area contributed by atoms with Crippen molar-refractivity contribution in [2.45, 2.75) is 46.5 Å². The minimum Gasteiger partial charge on any atom is -0.296 e. The van der Waals surface area contributed by atoms with E-state index in [2.05, 4.69) is 50.1 Å². The number of rotatable bonds is 5. The summed E-state index contributed by atoms with van der Waals surface area (Å²) >= 11 is 0. The van der Waals surface area contributed by atoms with Crippen LogP contribution in [-0.2, 0) is 0 Å². The van der Waals surface area contributed by atoms with Crippen LogP contribution >= 0.6 is 0 Å². The van der Waals surface area contributed by atoms with Gasteiger partial charge in [-0.3, -0.25) is 4.79 Å². The smallest absolute Gasteiger partial charge is 0.172 e. The van der Waals surface area contributed by atoms with Crippen molar-refractivity contribution >= 4 is 6.29 Å². The molecule has 0 aliphatic rings. The number of hydrogen-bond donors (Lipinski definition) is 0. The predicted molar refractivity (Wildman–Crippen MR) is 79.5 cm³/mol. The van der Waals surface area contributed by atoms with Crippen molar-refractivity contribution < 1.29 is 4.79 Å². The Hall–Kier alpha value is -1.97. The van der Waals surface area contributed by atoms with Crippen molar-refractivity contribution in [2.24, 2.45) is 0 Å². The molecular weight excluding hydrogens is 250 g/mol. The van der Waals surface area contributed by atoms with Gasteiger partial charge in [-0.15, -0.1) is 5.10 Å². The van der Waals surface area contributed by atoms with Gasteiger partial charge in [0.15, 0.2) is 6.29 Å². The Balaban J connectivity index is 2.58. The molecule has 4 nitrogen and oxygen atoms in total. The Bertz CT molecular complexity index is 612. The number of aldehydes is 1. The van der Waals surface area contributed by atoms with E-state index in [9.17, 15) is 4.79 Å². The molecule has 2 rings (SSSR count). The van der Waals surface area contributed by atoms with Crippen LogP contribution in [-0.4, -0.2) is 21.3 Å². The van der Waals surface area contributed by atoms with Gasteiger partial charge in [-0.1, -0.05) is 25.1 Å². The van der Waals surface area contributed by atoms with E-state index in [0.717, 1.165) is 30.5 Å². The lowest BCUT2D eigenvalue weighted by atomic mass is 9.97. The Morgan fingerprint density at radius 2 is 1.90 bits per heavy atom. The summed E-state index contributed by atoms with van der Waals surface area (Å²) in [5, 5.41) is 8.21. The zero-order valence-electron chi connectivity index (χ0n) is 12.6. The Kier molecular flexibility index (Phi) is 4.32. The molecule has 0 atom stereocenters. The summed E-state index contributed by atoms with van der Waals surface area (Å²) in [6.07, 6.45) is 2.74. The molecule has 0 fully saturated rings. The SMILES string of the molecule is CCC(CC)c1c(C=O)nnn1-c1ccc(C)c(C)c1. The first-order valence-corrected chi connectivity index (χ1v) is 7.10. The molecule has 0 N–H and O–H groups in total. The number of benzene rings is 1. The maximum Gasteiger partial charge on any atom is 0.172 e. The molecule has 0 unspecified atom stereocenters. The van der Waals surface area contributed by atoms with Gasteiger partial charge < -0.3 is 0 Å². The fourth-order valence-electron chi connectivity index (χ4n) is 2.49. The first-order chi connectivity index (χ1) is 9.62. The Morgan fingerprint density at radius 1 is 1.20 bits per heavy atom. The molecule has 0 aliphatic carbocycles. The fraction of sp³-hybridized carbons (Fsp3) is 0.438.